The van der Waals surface area contributed by atoms with Gasteiger partial charge < -0.3 is 15.0 Å². The van der Waals surface area contributed by atoms with Crippen LogP contribution in [0.2, 0.25) is 0 Å². The highest BCUT2D eigenvalue weighted by atomic mass is 35.5. The molecule has 2 unspecified atom stereocenters. The zero-order chi connectivity index (χ0) is 16.3. The van der Waals surface area contributed by atoms with Crippen molar-refractivity contribution in [3.63, 3.8) is 0 Å². The van der Waals surface area contributed by atoms with Gasteiger partial charge in [0.2, 0.25) is 15.9 Å². The number of ether oxygens (including phenoxy) is 1. The Balaban J connectivity index is 0.00000208. The molecule has 3 aliphatic rings. The monoisotopic (exact) mass is 381 g/mol. The second kappa shape index (κ2) is 8.80. The highest BCUT2D eigenvalue weighted by molar-refractivity contribution is 7.89. The lowest BCUT2D eigenvalue weighted by molar-refractivity contribution is -0.137. The lowest BCUT2D eigenvalue weighted by Crippen LogP contribution is -2.52. The molecule has 2 atom stereocenters. The van der Waals surface area contributed by atoms with Crippen LogP contribution in [0.15, 0.2) is 0 Å². The summed E-state index contributed by atoms with van der Waals surface area (Å²) in [5.41, 5.74) is 0. The number of amides is 1. The Morgan fingerprint density at radius 2 is 1.92 bits per heavy atom. The Hall–Kier alpha value is -0.410. The molecule has 140 valence electrons. The van der Waals surface area contributed by atoms with Crippen LogP contribution in [0.4, 0.5) is 0 Å². The van der Waals surface area contributed by atoms with Crippen LogP contribution in [0.3, 0.4) is 0 Å². The number of hydrogen-bond acceptors (Lipinski definition) is 5. The summed E-state index contributed by atoms with van der Waals surface area (Å²) in [6, 6.07) is 0. The molecule has 3 fully saturated rings. The molecule has 7 nitrogen and oxygen atoms in total. The van der Waals surface area contributed by atoms with Gasteiger partial charge in [-0.05, 0) is 25.2 Å². The van der Waals surface area contributed by atoms with Crippen molar-refractivity contribution in [2.24, 2.45) is 11.8 Å². The fourth-order valence-corrected chi connectivity index (χ4v) is 5.54. The molecule has 1 amide bonds. The maximum atomic E-state index is 12.6. The van der Waals surface area contributed by atoms with Gasteiger partial charge in [-0.1, -0.05) is 0 Å². The first kappa shape index (κ1) is 19.9. The molecule has 0 aliphatic carbocycles. The van der Waals surface area contributed by atoms with Crippen molar-refractivity contribution in [2.45, 2.75) is 19.3 Å². The lowest BCUT2D eigenvalue weighted by atomic mass is 9.98. The molecule has 0 bridgehead atoms. The number of carbonyl (C=O) groups excluding carboxylic acids is 1. The fourth-order valence-electron chi connectivity index (χ4n) is 3.66. The molecular formula is C15H28ClN3O4S. The average molecular weight is 382 g/mol. The van der Waals surface area contributed by atoms with Gasteiger partial charge in [0.1, 0.15) is 0 Å². The molecule has 3 heterocycles. The second-order valence-electron chi connectivity index (χ2n) is 6.78. The summed E-state index contributed by atoms with van der Waals surface area (Å²) in [7, 11) is -3.29. The molecule has 0 saturated carbocycles. The van der Waals surface area contributed by atoms with Crippen LogP contribution in [0, 0.1) is 11.8 Å². The SMILES string of the molecule is Cl.O=C(C1CCCN(S(=O)(=O)CC2CCOC2)C1)N1CCNCC1. The van der Waals surface area contributed by atoms with E-state index in [4.69, 9.17) is 4.74 Å². The summed E-state index contributed by atoms with van der Waals surface area (Å²) >= 11 is 0. The minimum absolute atomic E-state index is 0. The van der Waals surface area contributed by atoms with Gasteiger partial charge in [-0.15, -0.1) is 12.4 Å². The topological polar surface area (TPSA) is 79.0 Å². The minimum Gasteiger partial charge on any atom is -0.381 e. The van der Waals surface area contributed by atoms with Gasteiger partial charge in [0.05, 0.1) is 18.3 Å². The second-order valence-corrected chi connectivity index (χ2v) is 8.79. The van der Waals surface area contributed by atoms with Crippen molar-refractivity contribution in [3.05, 3.63) is 0 Å². The zero-order valence-corrected chi connectivity index (χ0v) is 15.6. The van der Waals surface area contributed by atoms with Crippen LogP contribution in [-0.4, -0.2) is 81.8 Å². The number of sulfonamides is 1. The summed E-state index contributed by atoms with van der Waals surface area (Å²) < 4.78 is 32.1. The van der Waals surface area contributed by atoms with E-state index in [-0.39, 0.29) is 35.9 Å². The van der Waals surface area contributed by atoms with Crippen molar-refractivity contribution in [2.75, 3.05) is 58.2 Å². The molecule has 3 aliphatic heterocycles. The molecule has 3 rings (SSSR count). The summed E-state index contributed by atoms with van der Waals surface area (Å²) in [5, 5.41) is 3.23. The number of rotatable bonds is 4. The Morgan fingerprint density at radius 3 is 2.58 bits per heavy atom. The normalized spacial score (nSPS) is 29.2. The highest BCUT2D eigenvalue weighted by Crippen LogP contribution is 2.24. The van der Waals surface area contributed by atoms with Crippen molar-refractivity contribution in [1.82, 2.24) is 14.5 Å². The van der Waals surface area contributed by atoms with E-state index < -0.39 is 10.0 Å². The first-order valence-electron chi connectivity index (χ1n) is 8.61. The standard InChI is InChI=1S/C15H27N3O4S.ClH/c19-15(17-7-4-16-5-8-17)14-2-1-6-18(10-14)23(20,21)12-13-3-9-22-11-13;/h13-14,16H,1-12H2;1H. The van der Waals surface area contributed by atoms with Gasteiger partial charge in [0.15, 0.2) is 0 Å². The average Bonchev–Trinajstić information content (AvgIpc) is 3.07. The predicted molar refractivity (Wildman–Crippen MR) is 93.7 cm³/mol. The summed E-state index contributed by atoms with van der Waals surface area (Å²) in [5.74, 6) is 0.193. The molecule has 0 spiro atoms. The lowest BCUT2D eigenvalue weighted by Gasteiger charge is -2.36. The van der Waals surface area contributed by atoms with E-state index >= 15 is 0 Å². The molecule has 3 saturated heterocycles. The number of carbonyl (C=O) groups is 1. The summed E-state index contributed by atoms with van der Waals surface area (Å²) in [6.45, 7) is 5.17. The van der Waals surface area contributed by atoms with Crippen LogP contribution < -0.4 is 5.32 Å². The van der Waals surface area contributed by atoms with Crippen molar-refractivity contribution in [3.8, 4) is 0 Å². The third kappa shape index (κ3) is 4.82. The van der Waals surface area contributed by atoms with Gasteiger partial charge in [-0.2, -0.15) is 0 Å². The van der Waals surface area contributed by atoms with Crippen molar-refractivity contribution in [1.29, 1.82) is 0 Å². The van der Waals surface area contributed by atoms with Crippen LogP contribution in [0.1, 0.15) is 19.3 Å². The minimum atomic E-state index is -3.29. The van der Waals surface area contributed by atoms with Gasteiger partial charge in [0.25, 0.3) is 0 Å². The van der Waals surface area contributed by atoms with Crippen LogP contribution in [-0.2, 0) is 19.6 Å². The summed E-state index contributed by atoms with van der Waals surface area (Å²) in [4.78, 5) is 14.5. The van der Waals surface area contributed by atoms with E-state index in [0.29, 0.717) is 26.3 Å². The van der Waals surface area contributed by atoms with Crippen molar-refractivity contribution < 1.29 is 17.9 Å². The van der Waals surface area contributed by atoms with Gasteiger partial charge in [0, 0.05) is 45.9 Å². The summed E-state index contributed by atoms with van der Waals surface area (Å²) in [6.07, 6.45) is 2.38. The van der Waals surface area contributed by atoms with Crippen molar-refractivity contribution >= 4 is 28.3 Å². The molecule has 1 N–H and O–H groups in total. The van der Waals surface area contributed by atoms with Crippen LogP contribution in [0.25, 0.3) is 0 Å². The van der Waals surface area contributed by atoms with Gasteiger partial charge in [-0.3, -0.25) is 4.79 Å². The number of piperidine rings is 1. The maximum absolute atomic E-state index is 12.6. The zero-order valence-electron chi connectivity index (χ0n) is 14.0. The predicted octanol–water partition coefficient (Wildman–Crippen LogP) is -0.0817. The maximum Gasteiger partial charge on any atom is 0.227 e. The molecule has 0 radical (unpaired) electrons. The number of nitrogens with one attached hydrogen (secondary N) is 1. The smallest absolute Gasteiger partial charge is 0.227 e. The van der Waals surface area contributed by atoms with E-state index in [1.165, 1.54) is 0 Å². The highest BCUT2D eigenvalue weighted by Gasteiger charge is 2.36. The third-order valence-corrected chi connectivity index (χ3v) is 7.04. The Labute approximate surface area is 150 Å². The van der Waals surface area contributed by atoms with E-state index in [1.807, 2.05) is 4.90 Å². The molecule has 24 heavy (non-hydrogen) atoms. The first-order chi connectivity index (χ1) is 11.1. The molecule has 0 aromatic rings. The van der Waals surface area contributed by atoms with E-state index in [2.05, 4.69) is 5.32 Å². The number of hydrogen-bond donors (Lipinski definition) is 1. The Bertz CT molecular complexity index is 519. The third-order valence-electron chi connectivity index (χ3n) is 5.03. The van der Waals surface area contributed by atoms with E-state index in [0.717, 1.165) is 45.4 Å². The van der Waals surface area contributed by atoms with Crippen LogP contribution >= 0.6 is 12.4 Å². The van der Waals surface area contributed by atoms with Gasteiger partial charge >= 0.3 is 0 Å². The number of piperazine rings is 1. The largest absolute Gasteiger partial charge is 0.381 e. The van der Waals surface area contributed by atoms with Gasteiger partial charge in [-0.25, -0.2) is 12.7 Å². The quantitative estimate of drug-likeness (QED) is 0.736. The first-order valence-corrected chi connectivity index (χ1v) is 10.2. The van der Waals surface area contributed by atoms with E-state index in [9.17, 15) is 13.2 Å². The number of halogens is 1. The Morgan fingerprint density at radius 1 is 1.17 bits per heavy atom. The fraction of sp³-hybridized carbons (Fsp3) is 0.933. The molecule has 0 aromatic heterocycles. The molecular weight excluding hydrogens is 354 g/mol. The Kier molecular flexibility index (Phi) is 7.30. The van der Waals surface area contributed by atoms with E-state index in [1.54, 1.807) is 4.31 Å². The van der Waals surface area contributed by atoms with Crippen LogP contribution in [0.5, 0.6) is 0 Å². The number of nitrogens with zero attached hydrogens (tertiary/aromatic N) is 2. The molecule has 9 heteroatoms. The molecule has 0 aromatic carbocycles.